The van der Waals surface area contributed by atoms with Crippen molar-refractivity contribution >= 4 is 23.7 Å². The highest BCUT2D eigenvalue weighted by molar-refractivity contribution is 5.97. The van der Waals surface area contributed by atoms with Gasteiger partial charge in [0.2, 0.25) is 0 Å². The Bertz CT molecular complexity index is 1200. The number of ether oxygens (including phenoxy) is 3. The van der Waals surface area contributed by atoms with Gasteiger partial charge in [-0.1, -0.05) is 54.6 Å². The molecular formula is C27H26N2O7. The van der Waals surface area contributed by atoms with E-state index in [1.807, 2.05) is 54.6 Å². The molecule has 4 rings (SSSR count). The minimum absolute atomic E-state index is 0.00760. The molecule has 0 radical (unpaired) electrons. The van der Waals surface area contributed by atoms with Crippen LogP contribution in [0.2, 0.25) is 0 Å². The fraction of sp³-hybridized carbons (Fsp3) is 0.222. The Labute approximate surface area is 208 Å². The fourth-order valence-corrected chi connectivity index (χ4v) is 3.72. The maximum absolute atomic E-state index is 12.5. The summed E-state index contributed by atoms with van der Waals surface area (Å²) in [4.78, 5) is 38.8. The summed E-state index contributed by atoms with van der Waals surface area (Å²) in [6.45, 7) is 0.266. The molecule has 0 bridgehead atoms. The van der Waals surface area contributed by atoms with Crippen LogP contribution in [0.1, 0.15) is 11.1 Å². The Morgan fingerprint density at radius 3 is 2.42 bits per heavy atom. The van der Waals surface area contributed by atoms with Crippen LogP contribution < -0.4 is 14.4 Å². The van der Waals surface area contributed by atoms with Gasteiger partial charge in [0, 0.05) is 6.54 Å². The maximum Gasteiger partial charge on any atom is 0.410 e. The standard InChI is InChI=1S/C27H26N2O7/c30-25-19-35-24-9-5-4-8-23(24)29(25)14-15-34-22-12-10-20(11-13-22)16-28(17-26(31)32)27(33)36-18-21-6-2-1-3-7-21/h1-13H,14-19H2,(H,31,32). The smallest absolute Gasteiger partial charge is 0.410 e. The molecule has 9 heteroatoms. The van der Waals surface area contributed by atoms with Gasteiger partial charge in [-0.15, -0.1) is 0 Å². The minimum atomic E-state index is -1.13. The summed E-state index contributed by atoms with van der Waals surface area (Å²) in [6.07, 6.45) is -0.711. The molecular weight excluding hydrogens is 464 g/mol. The number of benzene rings is 3. The number of aliphatic carboxylic acids is 1. The summed E-state index contributed by atoms with van der Waals surface area (Å²) in [5, 5.41) is 9.22. The summed E-state index contributed by atoms with van der Waals surface area (Å²) in [5.41, 5.74) is 2.24. The van der Waals surface area contributed by atoms with Crippen LogP contribution in [0.15, 0.2) is 78.9 Å². The van der Waals surface area contributed by atoms with Crippen molar-refractivity contribution in [3.63, 3.8) is 0 Å². The topological polar surface area (TPSA) is 106 Å². The first-order chi connectivity index (χ1) is 17.5. The lowest BCUT2D eigenvalue weighted by atomic mass is 10.2. The van der Waals surface area contributed by atoms with E-state index in [9.17, 15) is 19.5 Å². The summed E-state index contributed by atoms with van der Waals surface area (Å²) in [5.74, 6) is -0.0185. The largest absolute Gasteiger partial charge is 0.492 e. The number of fused-ring (bicyclic) bond motifs is 1. The van der Waals surface area contributed by atoms with Crippen LogP contribution in [-0.2, 0) is 27.5 Å². The molecule has 9 nitrogen and oxygen atoms in total. The Morgan fingerprint density at radius 2 is 1.67 bits per heavy atom. The third-order valence-electron chi connectivity index (χ3n) is 5.48. The third kappa shape index (κ3) is 6.53. The summed E-state index contributed by atoms with van der Waals surface area (Å²) in [6, 6.07) is 23.5. The van der Waals surface area contributed by atoms with Gasteiger partial charge >= 0.3 is 12.1 Å². The molecule has 0 unspecified atom stereocenters. The maximum atomic E-state index is 12.5. The number of hydrogen-bond acceptors (Lipinski definition) is 6. The van der Waals surface area contributed by atoms with Gasteiger partial charge in [0.1, 0.15) is 31.3 Å². The first-order valence-electron chi connectivity index (χ1n) is 11.4. The first-order valence-corrected chi connectivity index (χ1v) is 11.4. The average Bonchev–Trinajstić information content (AvgIpc) is 2.89. The molecule has 0 aliphatic carbocycles. The number of carbonyl (C=O) groups excluding carboxylic acids is 2. The Morgan fingerprint density at radius 1 is 0.944 bits per heavy atom. The Balaban J connectivity index is 1.30. The van der Waals surface area contributed by atoms with Crippen molar-refractivity contribution in [3.05, 3.63) is 90.0 Å². The van der Waals surface area contributed by atoms with Gasteiger partial charge in [-0.05, 0) is 35.4 Å². The van der Waals surface area contributed by atoms with E-state index in [4.69, 9.17) is 14.2 Å². The molecule has 2 amide bonds. The van der Waals surface area contributed by atoms with Gasteiger partial charge in [-0.25, -0.2) is 4.79 Å². The van der Waals surface area contributed by atoms with Gasteiger partial charge in [0.05, 0.1) is 12.2 Å². The van der Waals surface area contributed by atoms with E-state index in [0.29, 0.717) is 23.7 Å². The summed E-state index contributed by atoms with van der Waals surface area (Å²) < 4.78 is 16.5. The number of hydrogen-bond donors (Lipinski definition) is 1. The van der Waals surface area contributed by atoms with Crippen molar-refractivity contribution in [1.82, 2.24) is 4.90 Å². The number of rotatable bonds is 10. The molecule has 0 saturated heterocycles. The molecule has 0 saturated carbocycles. The van der Waals surface area contributed by atoms with Crippen LogP contribution in [0, 0.1) is 0 Å². The van der Waals surface area contributed by atoms with Crippen LogP contribution in [0.4, 0.5) is 10.5 Å². The molecule has 36 heavy (non-hydrogen) atoms. The molecule has 0 aromatic heterocycles. The van der Waals surface area contributed by atoms with Gasteiger partial charge in [-0.2, -0.15) is 0 Å². The van der Waals surface area contributed by atoms with Gasteiger partial charge in [0.25, 0.3) is 5.91 Å². The SMILES string of the molecule is O=C(O)CN(Cc1ccc(OCCN2C(=O)COc3ccccc32)cc1)C(=O)OCc1ccccc1. The van der Waals surface area contributed by atoms with Crippen LogP contribution in [0.25, 0.3) is 0 Å². The third-order valence-corrected chi connectivity index (χ3v) is 5.48. The van der Waals surface area contributed by atoms with Gasteiger partial charge < -0.3 is 24.2 Å². The average molecular weight is 491 g/mol. The fourth-order valence-electron chi connectivity index (χ4n) is 3.72. The molecule has 1 aliphatic heterocycles. The highest BCUT2D eigenvalue weighted by atomic mass is 16.6. The Kier molecular flexibility index (Phi) is 8.02. The molecule has 0 atom stereocenters. The van der Waals surface area contributed by atoms with Crippen LogP contribution in [-0.4, -0.2) is 54.3 Å². The summed E-state index contributed by atoms with van der Waals surface area (Å²) in [7, 11) is 0. The predicted molar refractivity (Wildman–Crippen MR) is 131 cm³/mol. The lowest BCUT2D eigenvalue weighted by Crippen LogP contribution is -2.41. The van der Waals surface area contributed by atoms with Crippen LogP contribution in [0.5, 0.6) is 11.5 Å². The number of nitrogens with zero attached hydrogens (tertiary/aromatic N) is 2. The van der Waals surface area contributed by atoms with E-state index in [0.717, 1.165) is 16.0 Å². The first kappa shape index (κ1) is 24.6. The minimum Gasteiger partial charge on any atom is -0.492 e. The zero-order valence-electron chi connectivity index (χ0n) is 19.5. The molecule has 0 fully saturated rings. The van der Waals surface area contributed by atoms with Crippen molar-refractivity contribution in [3.8, 4) is 11.5 Å². The van der Waals surface area contributed by atoms with E-state index < -0.39 is 18.6 Å². The molecule has 1 N–H and O–H groups in total. The quantitative estimate of drug-likeness (QED) is 0.462. The number of amides is 2. The second kappa shape index (κ2) is 11.7. The number of para-hydroxylation sites is 2. The van der Waals surface area contributed by atoms with Crippen LogP contribution >= 0.6 is 0 Å². The predicted octanol–water partition coefficient (Wildman–Crippen LogP) is 3.71. The lowest BCUT2D eigenvalue weighted by Gasteiger charge is -2.29. The van der Waals surface area contributed by atoms with E-state index in [1.54, 1.807) is 29.2 Å². The second-order valence-corrected chi connectivity index (χ2v) is 8.08. The zero-order chi connectivity index (χ0) is 25.3. The van der Waals surface area contributed by atoms with E-state index in [1.165, 1.54) is 0 Å². The molecule has 3 aromatic carbocycles. The van der Waals surface area contributed by atoms with Gasteiger partial charge in [-0.3, -0.25) is 14.5 Å². The normalized spacial score (nSPS) is 12.3. The molecule has 1 aliphatic rings. The van der Waals surface area contributed by atoms with Crippen molar-refractivity contribution in [2.24, 2.45) is 0 Å². The van der Waals surface area contributed by atoms with Crippen molar-refractivity contribution in [2.45, 2.75) is 13.2 Å². The number of carbonyl (C=O) groups is 3. The van der Waals surface area contributed by atoms with Gasteiger partial charge in [0.15, 0.2) is 6.61 Å². The molecule has 3 aromatic rings. The van der Waals surface area contributed by atoms with E-state index in [-0.39, 0.29) is 32.3 Å². The monoisotopic (exact) mass is 490 g/mol. The van der Waals surface area contributed by atoms with Crippen molar-refractivity contribution < 1.29 is 33.7 Å². The van der Waals surface area contributed by atoms with Crippen LogP contribution in [0.3, 0.4) is 0 Å². The lowest BCUT2D eigenvalue weighted by molar-refractivity contribution is -0.138. The summed E-state index contributed by atoms with van der Waals surface area (Å²) >= 11 is 0. The number of anilines is 1. The highest BCUT2D eigenvalue weighted by Crippen LogP contribution is 2.31. The number of carboxylic acid groups (broad SMARTS) is 1. The van der Waals surface area contributed by atoms with Crippen molar-refractivity contribution in [1.29, 1.82) is 0 Å². The van der Waals surface area contributed by atoms with E-state index in [2.05, 4.69) is 0 Å². The second-order valence-electron chi connectivity index (χ2n) is 8.08. The zero-order valence-corrected chi connectivity index (χ0v) is 19.5. The van der Waals surface area contributed by atoms with Crippen molar-refractivity contribution in [2.75, 3.05) is 31.2 Å². The highest BCUT2D eigenvalue weighted by Gasteiger charge is 2.25. The number of carboxylic acids is 1. The van der Waals surface area contributed by atoms with E-state index >= 15 is 0 Å². The Hall–Kier alpha value is -4.53. The molecule has 0 spiro atoms. The molecule has 186 valence electrons. The molecule has 1 heterocycles.